The Morgan fingerprint density at radius 1 is 1.60 bits per heavy atom. The van der Waals surface area contributed by atoms with Crippen molar-refractivity contribution in [3.63, 3.8) is 0 Å². The Labute approximate surface area is 88.8 Å². The maximum atomic E-state index is 12.9. The molecule has 0 saturated carbocycles. The van der Waals surface area contributed by atoms with E-state index in [9.17, 15) is 9.18 Å². The molecule has 1 N–H and O–H groups in total. The molecule has 0 radical (unpaired) electrons. The van der Waals surface area contributed by atoms with Gasteiger partial charge in [-0.3, -0.25) is 4.79 Å². The van der Waals surface area contributed by atoms with Gasteiger partial charge in [-0.1, -0.05) is 6.08 Å². The summed E-state index contributed by atoms with van der Waals surface area (Å²) in [7, 11) is 0. The van der Waals surface area contributed by atoms with Crippen LogP contribution >= 0.6 is 0 Å². The molecule has 2 nitrogen and oxygen atoms in total. The van der Waals surface area contributed by atoms with Gasteiger partial charge in [0, 0.05) is 11.6 Å². The van der Waals surface area contributed by atoms with Crippen LogP contribution in [0.3, 0.4) is 0 Å². The molecule has 0 aliphatic carbocycles. The van der Waals surface area contributed by atoms with E-state index in [0.717, 1.165) is 0 Å². The first-order valence-electron chi connectivity index (χ1n) is 4.74. The number of carbonyl (C=O) groups is 1. The SMILES string of the molecule is C=CC(C)NC(=O)c1ccc(F)c(C)c1. The summed E-state index contributed by atoms with van der Waals surface area (Å²) in [6.45, 7) is 7.01. The summed E-state index contributed by atoms with van der Waals surface area (Å²) in [6.07, 6.45) is 1.63. The third kappa shape index (κ3) is 2.91. The zero-order valence-electron chi connectivity index (χ0n) is 8.88. The Morgan fingerprint density at radius 2 is 2.27 bits per heavy atom. The van der Waals surface area contributed by atoms with Gasteiger partial charge < -0.3 is 5.32 Å². The quantitative estimate of drug-likeness (QED) is 0.758. The highest BCUT2D eigenvalue weighted by atomic mass is 19.1. The van der Waals surface area contributed by atoms with Crippen molar-refractivity contribution < 1.29 is 9.18 Å². The minimum atomic E-state index is -0.302. The van der Waals surface area contributed by atoms with E-state index in [4.69, 9.17) is 0 Å². The lowest BCUT2D eigenvalue weighted by molar-refractivity contribution is 0.0947. The van der Waals surface area contributed by atoms with Crippen molar-refractivity contribution in [2.45, 2.75) is 19.9 Å². The fraction of sp³-hybridized carbons (Fsp3) is 0.250. The lowest BCUT2D eigenvalue weighted by Gasteiger charge is -2.09. The molecule has 1 unspecified atom stereocenters. The minimum Gasteiger partial charge on any atom is -0.346 e. The molecule has 0 spiro atoms. The summed E-state index contributed by atoms with van der Waals surface area (Å²) < 4.78 is 12.9. The van der Waals surface area contributed by atoms with Gasteiger partial charge in [0.05, 0.1) is 0 Å². The Bertz CT molecular complexity index is 387. The van der Waals surface area contributed by atoms with Gasteiger partial charge in [0.1, 0.15) is 5.82 Å². The fourth-order valence-electron chi connectivity index (χ4n) is 1.13. The molecular weight excluding hydrogens is 193 g/mol. The highest BCUT2D eigenvalue weighted by Crippen LogP contribution is 2.09. The first kappa shape index (κ1) is 11.4. The maximum Gasteiger partial charge on any atom is 0.251 e. The molecule has 1 amide bonds. The van der Waals surface area contributed by atoms with Crippen LogP contribution in [0.15, 0.2) is 30.9 Å². The van der Waals surface area contributed by atoms with Gasteiger partial charge in [-0.25, -0.2) is 4.39 Å². The molecule has 1 aromatic rings. The van der Waals surface area contributed by atoms with Gasteiger partial charge in [-0.15, -0.1) is 6.58 Å². The molecule has 0 aliphatic heterocycles. The molecule has 0 aliphatic rings. The van der Waals surface area contributed by atoms with Gasteiger partial charge in [-0.05, 0) is 37.6 Å². The van der Waals surface area contributed by atoms with Gasteiger partial charge in [0.15, 0.2) is 0 Å². The smallest absolute Gasteiger partial charge is 0.251 e. The Kier molecular flexibility index (Phi) is 3.61. The molecule has 0 bridgehead atoms. The molecule has 1 aromatic carbocycles. The number of hydrogen-bond donors (Lipinski definition) is 1. The monoisotopic (exact) mass is 207 g/mol. The van der Waals surface area contributed by atoms with Crippen molar-refractivity contribution in [1.82, 2.24) is 5.32 Å². The van der Waals surface area contributed by atoms with Crippen LogP contribution in [0.4, 0.5) is 4.39 Å². The number of benzene rings is 1. The molecule has 80 valence electrons. The first-order valence-corrected chi connectivity index (χ1v) is 4.74. The number of aryl methyl sites for hydroxylation is 1. The van der Waals surface area contributed by atoms with E-state index < -0.39 is 0 Å². The molecule has 3 heteroatoms. The summed E-state index contributed by atoms with van der Waals surface area (Å²) in [6, 6.07) is 4.19. The predicted molar refractivity (Wildman–Crippen MR) is 58.3 cm³/mol. The van der Waals surface area contributed by atoms with Crippen molar-refractivity contribution in [2.24, 2.45) is 0 Å². The first-order chi connectivity index (χ1) is 7.04. The lowest BCUT2D eigenvalue weighted by Crippen LogP contribution is -2.30. The second-order valence-corrected chi connectivity index (χ2v) is 3.46. The van der Waals surface area contributed by atoms with Crippen LogP contribution in [-0.4, -0.2) is 11.9 Å². The third-order valence-corrected chi connectivity index (χ3v) is 2.13. The van der Waals surface area contributed by atoms with Crippen LogP contribution in [0.1, 0.15) is 22.8 Å². The van der Waals surface area contributed by atoms with Crippen molar-refractivity contribution in [1.29, 1.82) is 0 Å². The third-order valence-electron chi connectivity index (χ3n) is 2.13. The summed E-state index contributed by atoms with van der Waals surface area (Å²) in [5.74, 6) is -0.520. The predicted octanol–water partition coefficient (Wildman–Crippen LogP) is 2.44. The van der Waals surface area contributed by atoms with Crippen LogP contribution in [0.5, 0.6) is 0 Å². The van der Waals surface area contributed by atoms with E-state index in [1.54, 1.807) is 13.0 Å². The number of rotatable bonds is 3. The Hall–Kier alpha value is -1.64. The van der Waals surface area contributed by atoms with Gasteiger partial charge in [0.25, 0.3) is 5.91 Å². The van der Waals surface area contributed by atoms with E-state index in [2.05, 4.69) is 11.9 Å². The highest BCUT2D eigenvalue weighted by molar-refractivity contribution is 5.94. The van der Waals surface area contributed by atoms with Crippen molar-refractivity contribution in [3.8, 4) is 0 Å². The van der Waals surface area contributed by atoms with E-state index in [1.807, 2.05) is 6.92 Å². The molecule has 15 heavy (non-hydrogen) atoms. The zero-order valence-corrected chi connectivity index (χ0v) is 8.88. The number of halogens is 1. The molecule has 0 fully saturated rings. The van der Waals surface area contributed by atoms with Gasteiger partial charge in [-0.2, -0.15) is 0 Å². The standard InChI is InChI=1S/C12H14FNO/c1-4-9(3)14-12(15)10-5-6-11(13)8(2)7-10/h4-7,9H,1H2,2-3H3,(H,14,15). The van der Waals surface area contributed by atoms with E-state index >= 15 is 0 Å². The lowest BCUT2D eigenvalue weighted by atomic mass is 10.1. The molecular formula is C12H14FNO. The second-order valence-electron chi connectivity index (χ2n) is 3.46. The van der Waals surface area contributed by atoms with Gasteiger partial charge >= 0.3 is 0 Å². The summed E-state index contributed by atoms with van der Waals surface area (Å²) in [4.78, 5) is 11.6. The van der Waals surface area contributed by atoms with Crippen LogP contribution < -0.4 is 5.32 Å². The Balaban J connectivity index is 2.83. The summed E-state index contributed by atoms with van der Waals surface area (Å²) >= 11 is 0. The summed E-state index contributed by atoms with van der Waals surface area (Å²) in [5.41, 5.74) is 0.927. The number of carbonyl (C=O) groups excluding carboxylic acids is 1. The van der Waals surface area contributed by atoms with Crippen molar-refractivity contribution in [2.75, 3.05) is 0 Å². The molecule has 0 heterocycles. The number of hydrogen-bond acceptors (Lipinski definition) is 1. The van der Waals surface area contributed by atoms with Crippen LogP contribution in [0.2, 0.25) is 0 Å². The maximum absolute atomic E-state index is 12.9. The number of amides is 1. The van der Waals surface area contributed by atoms with Crippen LogP contribution in [-0.2, 0) is 0 Å². The normalized spacial score (nSPS) is 11.9. The van der Waals surface area contributed by atoms with E-state index in [1.165, 1.54) is 18.2 Å². The average Bonchev–Trinajstić information content (AvgIpc) is 2.21. The van der Waals surface area contributed by atoms with E-state index in [-0.39, 0.29) is 17.8 Å². The minimum absolute atomic E-state index is 0.0946. The fourth-order valence-corrected chi connectivity index (χ4v) is 1.13. The van der Waals surface area contributed by atoms with Crippen LogP contribution in [0, 0.1) is 12.7 Å². The average molecular weight is 207 g/mol. The topological polar surface area (TPSA) is 29.1 Å². The Morgan fingerprint density at radius 3 is 2.80 bits per heavy atom. The zero-order chi connectivity index (χ0) is 11.4. The summed E-state index contributed by atoms with van der Waals surface area (Å²) in [5, 5.41) is 2.71. The van der Waals surface area contributed by atoms with E-state index in [0.29, 0.717) is 11.1 Å². The highest BCUT2D eigenvalue weighted by Gasteiger charge is 2.08. The number of nitrogens with one attached hydrogen (secondary N) is 1. The molecule has 1 atom stereocenters. The van der Waals surface area contributed by atoms with Crippen molar-refractivity contribution >= 4 is 5.91 Å². The molecule has 0 saturated heterocycles. The van der Waals surface area contributed by atoms with Crippen LogP contribution in [0.25, 0.3) is 0 Å². The van der Waals surface area contributed by atoms with Crippen molar-refractivity contribution in [3.05, 3.63) is 47.8 Å². The largest absolute Gasteiger partial charge is 0.346 e. The molecule has 0 aromatic heterocycles. The second kappa shape index (κ2) is 4.73. The molecule has 1 rings (SSSR count). The van der Waals surface area contributed by atoms with Gasteiger partial charge in [0.2, 0.25) is 0 Å².